The van der Waals surface area contributed by atoms with E-state index in [1.807, 2.05) is 6.26 Å². The maximum atomic E-state index is 5.32. The Hall–Kier alpha value is -0.550. The molecule has 0 atom stereocenters. The second-order valence-electron chi connectivity index (χ2n) is 1.81. The predicted molar refractivity (Wildman–Crippen MR) is 40.9 cm³/mol. The van der Waals surface area contributed by atoms with Gasteiger partial charge in [-0.05, 0) is 12.8 Å². The molecule has 0 radical (unpaired) electrons. The van der Waals surface area contributed by atoms with Gasteiger partial charge in [0.1, 0.15) is 5.82 Å². The van der Waals surface area contributed by atoms with Gasteiger partial charge >= 0.3 is 0 Å². The fraction of sp³-hybridized carbons (Fsp3) is 0.600. The highest BCUT2D eigenvalue weighted by atomic mass is 32.2. The number of nitrogens with two attached hydrogens (primary N) is 1. The summed E-state index contributed by atoms with van der Waals surface area (Å²) in [6, 6.07) is 0. The van der Waals surface area contributed by atoms with Gasteiger partial charge in [0.15, 0.2) is 0 Å². The molecule has 10 heavy (non-hydrogen) atoms. The molecule has 1 heterocycles. The van der Waals surface area contributed by atoms with Gasteiger partial charge in [0, 0.05) is 6.42 Å². The Labute approximate surface area is 63.6 Å². The molecule has 1 rings (SSSR count). The monoisotopic (exact) mass is 158 g/mol. The summed E-state index contributed by atoms with van der Waals surface area (Å²) in [7, 11) is 0. The second kappa shape index (κ2) is 3.58. The molecule has 0 unspecified atom stereocenters. The van der Waals surface area contributed by atoms with Crippen molar-refractivity contribution in [1.82, 2.24) is 15.2 Å². The van der Waals surface area contributed by atoms with Gasteiger partial charge in [0.2, 0.25) is 5.16 Å². The standard InChI is InChI=1S/C5H10N4S/c1-10-5-7-4(2-3-6)8-9-5/h2-3,6H2,1H3,(H,7,8,9). The van der Waals surface area contributed by atoms with E-state index in [-0.39, 0.29) is 0 Å². The minimum absolute atomic E-state index is 0.614. The smallest absolute Gasteiger partial charge is 0.208 e. The van der Waals surface area contributed by atoms with Crippen molar-refractivity contribution < 1.29 is 0 Å². The lowest BCUT2D eigenvalue weighted by atomic mass is 10.4. The zero-order chi connectivity index (χ0) is 7.40. The lowest BCUT2D eigenvalue weighted by Gasteiger charge is -1.85. The average molecular weight is 158 g/mol. The Morgan fingerprint density at radius 2 is 2.50 bits per heavy atom. The molecule has 0 saturated heterocycles. The molecule has 1 aromatic heterocycles. The van der Waals surface area contributed by atoms with E-state index >= 15 is 0 Å². The van der Waals surface area contributed by atoms with Crippen molar-refractivity contribution in [3.8, 4) is 0 Å². The first-order valence-corrected chi connectivity index (χ1v) is 4.24. The normalized spacial score (nSPS) is 10.2. The summed E-state index contributed by atoms with van der Waals surface area (Å²) in [6.07, 6.45) is 2.71. The SMILES string of the molecule is CSc1n[nH]c(CCN)n1. The zero-order valence-electron chi connectivity index (χ0n) is 5.79. The van der Waals surface area contributed by atoms with Gasteiger partial charge in [-0.25, -0.2) is 4.98 Å². The van der Waals surface area contributed by atoms with E-state index in [1.54, 1.807) is 0 Å². The summed E-state index contributed by atoms with van der Waals surface area (Å²) in [4.78, 5) is 4.13. The second-order valence-corrected chi connectivity index (χ2v) is 2.58. The first kappa shape index (κ1) is 7.56. The lowest BCUT2D eigenvalue weighted by Crippen LogP contribution is -2.03. The maximum absolute atomic E-state index is 5.32. The van der Waals surface area contributed by atoms with Crippen LogP contribution in [0.5, 0.6) is 0 Å². The Morgan fingerprint density at radius 1 is 1.70 bits per heavy atom. The number of thioether (sulfide) groups is 1. The van der Waals surface area contributed by atoms with Crippen molar-refractivity contribution in [1.29, 1.82) is 0 Å². The molecular formula is C5H10N4S. The lowest BCUT2D eigenvalue weighted by molar-refractivity contribution is 0.874. The van der Waals surface area contributed by atoms with E-state index < -0.39 is 0 Å². The van der Waals surface area contributed by atoms with E-state index in [1.165, 1.54) is 11.8 Å². The Bertz CT molecular complexity index is 197. The van der Waals surface area contributed by atoms with Crippen molar-refractivity contribution in [2.45, 2.75) is 11.6 Å². The number of hydrogen-bond acceptors (Lipinski definition) is 4. The molecule has 0 aliphatic carbocycles. The van der Waals surface area contributed by atoms with Crippen LogP contribution in [0, 0.1) is 0 Å². The van der Waals surface area contributed by atoms with E-state index in [4.69, 9.17) is 5.73 Å². The van der Waals surface area contributed by atoms with Crippen LogP contribution in [0.25, 0.3) is 0 Å². The summed E-state index contributed by atoms with van der Waals surface area (Å²) in [6.45, 7) is 0.614. The van der Waals surface area contributed by atoms with Crippen molar-refractivity contribution in [2.75, 3.05) is 12.8 Å². The van der Waals surface area contributed by atoms with Crippen LogP contribution < -0.4 is 5.73 Å². The van der Waals surface area contributed by atoms with E-state index in [2.05, 4.69) is 15.2 Å². The molecule has 0 aliphatic rings. The predicted octanol–water partition coefficient (Wildman–Crippen LogP) is 0.0278. The van der Waals surface area contributed by atoms with Gasteiger partial charge in [-0.3, -0.25) is 5.10 Å². The van der Waals surface area contributed by atoms with E-state index in [0.29, 0.717) is 6.54 Å². The molecule has 56 valence electrons. The molecule has 0 saturated carbocycles. The van der Waals surface area contributed by atoms with Gasteiger partial charge in [-0.15, -0.1) is 5.10 Å². The molecule has 1 aromatic rings. The van der Waals surface area contributed by atoms with E-state index in [9.17, 15) is 0 Å². The first-order valence-electron chi connectivity index (χ1n) is 3.02. The highest BCUT2D eigenvalue weighted by Gasteiger charge is 1.98. The summed E-state index contributed by atoms with van der Waals surface area (Å²) in [5.41, 5.74) is 5.32. The van der Waals surface area contributed by atoms with Gasteiger partial charge in [0.05, 0.1) is 0 Å². The van der Waals surface area contributed by atoms with Crippen molar-refractivity contribution >= 4 is 11.8 Å². The third kappa shape index (κ3) is 1.71. The third-order valence-electron chi connectivity index (χ3n) is 1.07. The van der Waals surface area contributed by atoms with Crippen LogP contribution in [-0.2, 0) is 6.42 Å². The fourth-order valence-electron chi connectivity index (χ4n) is 0.618. The summed E-state index contributed by atoms with van der Waals surface area (Å²) in [5.74, 6) is 0.867. The van der Waals surface area contributed by atoms with Crippen molar-refractivity contribution in [2.24, 2.45) is 5.73 Å². The molecule has 3 N–H and O–H groups in total. The van der Waals surface area contributed by atoms with Crippen LogP contribution in [0.3, 0.4) is 0 Å². The Kier molecular flexibility index (Phi) is 2.70. The van der Waals surface area contributed by atoms with Crippen LogP contribution in [-0.4, -0.2) is 28.0 Å². The fourth-order valence-corrected chi connectivity index (χ4v) is 0.956. The minimum atomic E-state index is 0.614. The van der Waals surface area contributed by atoms with Gasteiger partial charge in [-0.2, -0.15) is 0 Å². The van der Waals surface area contributed by atoms with Crippen molar-refractivity contribution in [3.63, 3.8) is 0 Å². The molecule has 0 bridgehead atoms. The quantitative estimate of drug-likeness (QED) is 0.609. The minimum Gasteiger partial charge on any atom is -0.330 e. The number of H-pyrrole nitrogens is 1. The van der Waals surface area contributed by atoms with Crippen LogP contribution in [0.15, 0.2) is 5.16 Å². The molecule has 0 fully saturated rings. The molecule has 4 nitrogen and oxygen atoms in total. The molecule has 0 spiro atoms. The van der Waals surface area contributed by atoms with Gasteiger partial charge < -0.3 is 5.73 Å². The number of aromatic amines is 1. The average Bonchev–Trinajstić information content (AvgIpc) is 2.37. The van der Waals surface area contributed by atoms with Crippen LogP contribution in [0.4, 0.5) is 0 Å². The molecule has 0 aromatic carbocycles. The molecule has 0 aliphatic heterocycles. The van der Waals surface area contributed by atoms with Crippen LogP contribution >= 0.6 is 11.8 Å². The van der Waals surface area contributed by atoms with Gasteiger partial charge in [-0.1, -0.05) is 11.8 Å². The summed E-state index contributed by atoms with van der Waals surface area (Å²) >= 11 is 1.52. The summed E-state index contributed by atoms with van der Waals surface area (Å²) in [5, 5.41) is 7.50. The van der Waals surface area contributed by atoms with Crippen LogP contribution in [0.2, 0.25) is 0 Å². The molecule has 0 amide bonds. The molecule has 5 heteroatoms. The number of hydrogen-bond donors (Lipinski definition) is 2. The maximum Gasteiger partial charge on any atom is 0.208 e. The first-order chi connectivity index (χ1) is 4.86. The van der Waals surface area contributed by atoms with Crippen LogP contribution in [0.1, 0.15) is 5.82 Å². The number of aromatic nitrogens is 3. The third-order valence-corrected chi connectivity index (χ3v) is 1.62. The Morgan fingerprint density at radius 3 is 3.00 bits per heavy atom. The highest BCUT2D eigenvalue weighted by molar-refractivity contribution is 7.98. The number of nitrogens with zero attached hydrogens (tertiary/aromatic N) is 2. The van der Waals surface area contributed by atoms with Crippen molar-refractivity contribution in [3.05, 3.63) is 5.82 Å². The zero-order valence-corrected chi connectivity index (χ0v) is 6.61. The largest absolute Gasteiger partial charge is 0.330 e. The number of nitrogens with one attached hydrogen (secondary N) is 1. The topological polar surface area (TPSA) is 67.6 Å². The Balaban J connectivity index is 2.59. The highest BCUT2D eigenvalue weighted by Crippen LogP contribution is 2.06. The molecular weight excluding hydrogens is 148 g/mol. The number of rotatable bonds is 3. The van der Waals surface area contributed by atoms with Gasteiger partial charge in [0.25, 0.3) is 0 Å². The summed E-state index contributed by atoms with van der Waals surface area (Å²) < 4.78 is 0. The van der Waals surface area contributed by atoms with E-state index in [0.717, 1.165) is 17.4 Å².